The van der Waals surface area contributed by atoms with E-state index in [-0.39, 0.29) is 5.97 Å². The van der Waals surface area contributed by atoms with Crippen molar-refractivity contribution >= 4 is 16.9 Å². The number of aliphatic hydroxyl groups excluding tert-OH is 1. The van der Waals surface area contributed by atoms with E-state index in [0.29, 0.717) is 19.3 Å². The molecule has 2 N–H and O–H groups in total. The number of aryl methyl sites for hydroxylation is 1. The third-order valence-corrected chi connectivity index (χ3v) is 7.40. The largest absolute Gasteiger partial charge is 0.464 e. The van der Waals surface area contributed by atoms with Gasteiger partial charge in [-0.05, 0) is 60.9 Å². The maximum atomic E-state index is 12.0. The number of carbonyl (C=O) groups is 1. The molecule has 1 heterocycles. The van der Waals surface area contributed by atoms with Gasteiger partial charge in [-0.15, -0.1) is 0 Å². The first kappa shape index (κ1) is 18.5. The summed E-state index contributed by atoms with van der Waals surface area (Å²) in [6, 6.07) is 3.89. The highest BCUT2D eigenvalue weighted by Crippen LogP contribution is 2.61. The number of hydrogen-bond donors (Lipinski definition) is 2. The molecule has 0 saturated heterocycles. The van der Waals surface area contributed by atoms with E-state index >= 15 is 0 Å². The van der Waals surface area contributed by atoms with E-state index in [2.05, 4.69) is 0 Å². The van der Waals surface area contributed by atoms with Crippen molar-refractivity contribution in [2.45, 2.75) is 77.1 Å². The minimum absolute atomic E-state index is 0.366. The van der Waals surface area contributed by atoms with E-state index in [1.165, 1.54) is 6.92 Å². The van der Waals surface area contributed by atoms with Crippen LogP contribution in [-0.4, -0.2) is 34.0 Å². The van der Waals surface area contributed by atoms with Crippen LogP contribution in [0.1, 0.15) is 57.2 Å². The first-order valence-corrected chi connectivity index (χ1v) is 9.62. The van der Waals surface area contributed by atoms with Crippen molar-refractivity contribution in [3.8, 4) is 0 Å². The molecule has 4 unspecified atom stereocenters. The molecule has 27 heavy (non-hydrogen) atoms. The van der Waals surface area contributed by atoms with Gasteiger partial charge in [0.25, 0.3) is 0 Å². The monoisotopic (exact) mass is 372 g/mol. The van der Waals surface area contributed by atoms with Gasteiger partial charge in [0, 0.05) is 18.7 Å². The minimum atomic E-state index is -1.43. The van der Waals surface area contributed by atoms with Gasteiger partial charge in [-0.3, -0.25) is 4.79 Å². The number of benzene rings is 1. The molecule has 2 aromatic rings. The number of rotatable bonds is 1. The third-order valence-electron chi connectivity index (χ3n) is 7.40. The standard InChI is InChI=1S/C22H28O5/c1-12-14-7-9-26-17(14)11-16-15(12)10-18(24)22(25)20(3,4)8-6-19(21(16,22)5)27-13(2)23/h7,9,11,18-19,24-25H,6,8,10H2,1-5H3. The number of esters is 1. The molecule has 1 saturated carbocycles. The number of aliphatic hydroxyl groups is 2. The molecule has 0 aliphatic heterocycles. The van der Waals surface area contributed by atoms with Gasteiger partial charge in [0.1, 0.15) is 17.3 Å². The molecule has 0 spiro atoms. The second-order valence-electron chi connectivity index (χ2n) is 9.07. The molecule has 146 valence electrons. The zero-order chi connectivity index (χ0) is 19.8. The van der Waals surface area contributed by atoms with Gasteiger partial charge in [0.2, 0.25) is 0 Å². The first-order valence-electron chi connectivity index (χ1n) is 9.62. The highest BCUT2D eigenvalue weighted by Gasteiger charge is 2.69. The van der Waals surface area contributed by atoms with Gasteiger partial charge < -0.3 is 19.4 Å². The van der Waals surface area contributed by atoms with Crippen LogP contribution < -0.4 is 0 Å². The maximum Gasteiger partial charge on any atom is 0.302 e. The molecule has 4 rings (SSSR count). The van der Waals surface area contributed by atoms with Gasteiger partial charge in [0.05, 0.1) is 17.8 Å². The van der Waals surface area contributed by atoms with Crippen LogP contribution in [-0.2, 0) is 21.4 Å². The molecule has 2 aliphatic carbocycles. The minimum Gasteiger partial charge on any atom is -0.464 e. The molecular formula is C22H28O5. The zero-order valence-electron chi connectivity index (χ0n) is 16.6. The molecule has 5 heteroatoms. The number of carbonyl (C=O) groups excluding carboxylic acids is 1. The lowest BCUT2D eigenvalue weighted by Crippen LogP contribution is -2.74. The van der Waals surface area contributed by atoms with E-state index in [1.807, 2.05) is 39.8 Å². The van der Waals surface area contributed by atoms with Gasteiger partial charge >= 0.3 is 5.97 Å². The molecule has 4 atom stereocenters. The Kier molecular flexibility index (Phi) is 3.83. The summed E-state index contributed by atoms with van der Waals surface area (Å²) in [6.45, 7) is 9.32. The Morgan fingerprint density at radius 1 is 1.33 bits per heavy atom. The molecule has 0 amide bonds. The fraction of sp³-hybridized carbons (Fsp3) is 0.591. The summed E-state index contributed by atoms with van der Waals surface area (Å²) >= 11 is 0. The Hall–Kier alpha value is -1.85. The summed E-state index contributed by atoms with van der Waals surface area (Å²) in [5, 5.41) is 24.2. The van der Waals surface area contributed by atoms with Crippen molar-refractivity contribution < 1.29 is 24.2 Å². The summed E-state index contributed by atoms with van der Waals surface area (Å²) in [5.41, 5.74) is 0.797. The van der Waals surface area contributed by atoms with E-state index in [4.69, 9.17) is 9.15 Å². The van der Waals surface area contributed by atoms with Gasteiger partial charge in [-0.25, -0.2) is 0 Å². The molecular weight excluding hydrogens is 344 g/mol. The molecule has 0 radical (unpaired) electrons. The average Bonchev–Trinajstić information content (AvgIpc) is 3.05. The van der Waals surface area contributed by atoms with Gasteiger partial charge in [-0.2, -0.15) is 0 Å². The lowest BCUT2D eigenvalue weighted by molar-refractivity contribution is -0.247. The van der Waals surface area contributed by atoms with Crippen LogP contribution in [0.15, 0.2) is 22.8 Å². The fourth-order valence-electron chi connectivity index (χ4n) is 5.87. The fourth-order valence-corrected chi connectivity index (χ4v) is 5.87. The maximum absolute atomic E-state index is 12.0. The number of fused-ring (bicyclic) bond motifs is 4. The average molecular weight is 372 g/mol. The number of ether oxygens (including phenoxy) is 1. The lowest BCUT2D eigenvalue weighted by Gasteiger charge is -2.64. The first-order chi connectivity index (χ1) is 12.5. The molecule has 0 bridgehead atoms. The second-order valence-corrected chi connectivity index (χ2v) is 9.07. The van der Waals surface area contributed by atoms with Crippen molar-refractivity contribution in [1.82, 2.24) is 0 Å². The van der Waals surface area contributed by atoms with Crippen LogP contribution >= 0.6 is 0 Å². The number of furan rings is 1. The van der Waals surface area contributed by atoms with Crippen LogP contribution in [0.2, 0.25) is 0 Å². The van der Waals surface area contributed by atoms with Crippen LogP contribution in [0.3, 0.4) is 0 Å². The predicted octanol–water partition coefficient (Wildman–Crippen LogP) is 3.40. The highest BCUT2D eigenvalue weighted by atomic mass is 16.5. The van der Waals surface area contributed by atoms with E-state index in [9.17, 15) is 15.0 Å². The Morgan fingerprint density at radius 2 is 2.04 bits per heavy atom. The second kappa shape index (κ2) is 5.58. The molecule has 1 aromatic carbocycles. The topological polar surface area (TPSA) is 79.9 Å². The van der Waals surface area contributed by atoms with Crippen LogP contribution in [0.4, 0.5) is 0 Å². The summed E-state index contributed by atoms with van der Waals surface area (Å²) in [6.07, 6.45) is 1.84. The van der Waals surface area contributed by atoms with Crippen LogP contribution in [0, 0.1) is 12.3 Å². The predicted molar refractivity (Wildman–Crippen MR) is 102 cm³/mol. The molecule has 5 nitrogen and oxygen atoms in total. The van der Waals surface area contributed by atoms with E-state index in [1.54, 1.807) is 6.26 Å². The van der Waals surface area contributed by atoms with E-state index < -0.39 is 28.6 Å². The van der Waals surface area contributed by atoms with E-state index in [0.717, 1.165) is 27.7 Å². The molecule has 1 aromatic heterocycles. The van der Waals surface area contributed by atoms with Crippen molar-refractivity contribution in [3.63, 3.8) is 0 Å². The Labute approximate surface area is 159 Å². The third kappa shape index (κ3) is 2.15. The lowest BCUT2D eigenvalue weighted by atomic mass is 9.45. The normalized spacial score (nSPS) is 34.8. The summed E-state index contributed by atoms with van der Waals surface area (Å²) in [4.78, 5) is 11.8. The Bertz CT molecular complexity index is 926. The van der Waals surface area contributed by atoms with Crippen molar-refractivity contribution in [1.29, 1.82) is 0 Å². The Morgan fingerprint density at radius 3 is 2.70 bits per heavy atom. The smallest absolute Gasteiger partial charge is 0.302 e. The quantitative estimate of drug-likeness (QED) is 0.750. The number of hydrogen-bond acceptors (Lipinski definition) is 5. The summed E-state index contributed by atoms with van der Waals surface area (Å²) in [7, 11) is 0. The Balaban J connectivity index is 2.05. The summed E-state index contributed by atoms with van der Waals surface area (Å²) in [5.74, 6) is -0.374. The molecule has 2 aliphatic rings. The van der Waals surface area contributed by atoms with Gasteiger partial charge in [-0.1, -0.05) is 13.8 Å². The summed E-state index contributed by atoms with van der Waals surface area (Å²) < 4.78 is 11.4. The van der Waals surface area contributed by atoms with Gasteiger partial charge in [0.15, 0.2) is 0 Å². The zero-order valence-corrected chi connectivity index (χ0v) is 16.6. The van der Waals surface area contributed by atoms with Crippen LogP contribution in [0.5, 0.6) is 0 Å². The van der Waals surface area contributed by atoms with Crippen molar-refractivity contribution in [3.05, 3.63) is 35.1 Å². The SMILES string of the molecule is CC(=O)OC1CCC(C)(C)C2(O)C(O)Cc3c(cc4occc4c3C)C12C. The molecule has 1 fully saturated rings. The highest BCUT2D eigenvalue weighted by molar-refractivity contribution is 5.84. The van der Waals surface area contributed by atoms with Crippen LogP contribution in [0.25, 0.3) is 11.0 Å². The van der Waals surface area contributed by atoms with Crippen molar-refractivity contribution in [2.24, 2.45) is 5.41 Å². The van der Waals surface area contributed by atoms with Crippen molar-refractivity contribution in [2.75, 3.05) is 0 Å².